The van der Waals surface area contributed by atoms with Gasteiger partial charge in [-0.1, -0.05) is 12.1 Å². The number of ether oxygens (including phenoxy) is 2. The molecule has 3 fully saturated rings. The molecule has 1 aliphatic carbocycles. The maximum Gasteiger partial charge on any atom is 0.220 e. The first-order chi connectivity index (χ1) is 12.2. The van der Waals surface area contributed by atoms with E-state index >= 15 is 0 Å². The van der Waals surface area contributed by atoms with Crippen LogP contribution in [0.5, 0.6) is 5.75 Å². The molecule has 2 heterocycles. The summed E-state index contributed by atoms with van der Waals surface area (Å²) >= 11 is 0. The van der Waals surface area contributed by atoms with Crippen LogP contribution >= 0.6 is 0 Å². The lowest BCUT2D eigenvalue weighted by Gasteiger charge is -2.27. The number of hydrogen-bond donors (Lipinski definition) is 1. The molecule has 2 aliphatic heterocycles. The van der Waals surface area contributed by atoms with Gasteiger partial charge in [0.1, 0.15) is 5.75 Å². The van der Waals surface area contributed by atoms with Crippen molar-refractivity contribution in [2.75, 3.05) is 40.0 Å². The number of fused-ring (bicyclic) bond motifs is 1. The summed E-state index contributed by atoms with van der Waals surface area (Å²) in [6.07, 6.45) is 3.15. The number of hydrogen-bond acceptors (Lipinski definition) is 4. The number of nitrogens with one attached hydrogen (secondary N) is 1. The molecule has 136 valence electrons. The van der Waals surface area contributed by atoms with Crippen LogP contribution in [0.25, 0.3) is 0 Å². The van der Waals surface area contributed by atoms with Crippen molar-refractivity contribution in [3.63, 3.8) is 0 Å². The number of nitrogens with zero attached hydrogens (tertiary/aromatic N) is 1. The molecular formula is C20H28N2O3. The van der Waals surface area contributed by atoms with Crippen molar-refractivity contribution < 1.29 is 14.3 Å². The Labute approximate surface area is 149 Å². The predicted molar refractivity (Wildman–Crippen MR) is 95.4 cm³/mol. The molecule has 5 heteroatoms. The quantitative estimate of drug-likeness (QED) is 0.823. The summed E-state index contributed by atoms with van der Waals surface area (Å²) in [6.45, 7) is 5.26. The predicted octanol–water partition coefficient (Wildman–Crippen LogP) is 2.06. The van der Waals surface area contributed by atoms with E-state index in [-0.39, 0.29) is 11.3 Å². The summed E-state index contributed by atoms with van der Waals surface area (Å²) in [6, 6.07) is 8.28. The van der Waals surface area contributed by atoms with Crippen LogP contribution in [0.15, 0.2) is 24.3 Å². The molecule has 0 unspecified atom stereocenters. The average molecular weight is 344 g/mol. The molecule has 1 aromatic rings. The van der Waals surface area contributed by atoms with Gasteiger partial charge in [0.05, 0.1) is 20.3 Å². The van der Waals surface area contributed by atoms with E-state index in [1.165, 1.54) is 18.4 Å². The van der Waals surface area contributed by atoms with Crippen LogP contribution in [-0.4, -0.2) is 50.8 Å². The maximum absolute atomic E-state index is 12.1. The zero-order valence-electron chi connectivity index (χ0n) is 15.0. The summed E-state index contributed by atoms with van der Waals surface area (Å²) in [5.74, 6) is 2.27. The highest BCUT2D eigenvalue weighted by molar-refractivity contribution is 5.76. The Morgan fingerprint density at radius 2 is 2.32 bits per heavy atom. The molecule has 1 aromatic carbocycles. The van der Waals surface area contributed by atoms with Gasteiger partial charge in [-0.2, -0.15) is 0 Å². The van der Waals surface area contributed by atoms with Gasteiger partial charge in [-0.05, 0) is 36.5 Å². The number of carbonyl (C=O) groups is 1. The SMILES string of the molecule is COc1cccc(CN2C[C@H]3COC[C@@]3(CNC(=O)CC3CC3)C2)c1. The molecule has 1 N–H and O–H groups in total. The third-order valence-electron chi connectivity index (χ3n) is 5.94. The van der Waals surface area contributed by atoms with E-state index in [0.717, 1.165) is 45.1 Å². The topological polar surface area (TPSA) is 50.8 Å². The first-order valence-electron chi connectivity index (χ1n) is 9.37. The normalized spacial score (nSPS) is 28.8. The molecule has 1 saturated carbocycles. The fraction of sp³-hybridized carbons (Fsp3) is 0.650. The molecule has 0 spiro atoms. The van der Waals surface area contributed by atoms with E-state index in [4.69, 9.17) is 9.47 Å². The number of methoxy groups -OCH3 is 1. The van der Waals surface area contributed by atoms with E-state index in [0.29, 0.717) is 18.3 Å². The summed E-state index contributed by atoms with van der Waals surface area (Å²) in [7, 11) is 1.70. The second-order valence-electron chi connectivity index (χ2n) is 8.02. The van der Waals surface area contributed by atoms with Gasteiger partial charge in [0, 0.05) is 43.9 Å². The summed E-state index contributed by atoms with van der Waals surface area (Å²) < 4.78 is 11.1. The van der Waals surface area contributed by atoms with E-state index in [1.807, 2.05) is 12.1 Å². The van der Waals surface area contributed by atoms with Crippen molar-refractivity contribution in [1.29, 1.82) is 0 Å². The Bertz CT molecular complexity index is 631. The van der Waals surface area contributed by atoms with Crippen LogP contribution < -0.4 is 10.1 Å². The van der Waals surface area contributed by atoms with Crippen LogP contribution in [-0.2, 0) is 16.1 Å². The van der Waals surface area contributed by atoms with Crippen molar-refractivity contribution in [2.45, 2.75) is 25.8 Å². The monoisotopic (exact) mass is 344 g/mol. The number of benzene rings is 1. The summed E-state index contributed by atoms with van der Waals surface area (Å²) in [5, 5.41) is 3.20. The van der Waals surface area contributed by atoms with Crippen molar-refractivity contribution in [2.24, 2.45) is 17.3 Å². The minimum atomic E-state index is 0.0814. The number of likely N-dealkylation sites (tertiary alicyclic amines) is 1. The molecule has 5 nitrogen and oxygen atoms in total. The van der Waals surface area contributed by atoms with Gasteiger partial charge in [0.25, 0.3) is 0 Å². The van der Waals surface area contributed by atoms with Crippen molar-refractivity contribution in [1.82, 2.24) is 10.2 Å². The molecule has 25 heavy (non-hydrogen) atoms. The lowest BCUT2D eigenvalue weighted by molar-refractivity contribution is -0.122. The summed E-state index contributed by atoms with van der Waals surface area (Å²) in [5.41, 5.74) is 1.35. The molecule has 0 radical (unpaired) electrons. The van der Waals surface area contributed by atoms with E-state index in [2.05, 4.69) is 22.3 Å². The Morgan fingerprint density at radius 3 is 3.12 bits per heavy atom. The zero-order chi connectivity index (χ0) is 17.3. The first kappa shape index (κ1) is 16.9. The van der Waals surface area contributed by atoms with Gasteiger partial charge in [0.15, 0.2) is 0 Å². The number of rotatable bonds is 7. The van der Waals surface area contributed by atoms with Crippen molar-refractivity contribution in [3.8, 4) is 5.75 Å². The van der Waals surface area contributed by atoms with Gasteiger partial charge >= 0.3 is 0 Å². The van der Waals surface area contributed by atoms with E-state index < -0.39 is 0 Å². The Morgan fingerprint density at radius 1 is 1.44 bits per heavy atom. The first-order valence-corrected chi connectivity index (χ1v) is 9.37. The minimum Gasteiger partial charge on any atom is -0.497 e. The smallest absolute Gasteiger partial charge is 0.220 e. The van der Waals surface area contributed by atoms with Crippen LogP contribution in [0.2, 0.25) is 0 Å². The molecule has 2 saturated heterocycles. The van der Waals surface area contributed by atoms with Crippen LogP contribution in [0, 0.1) is 17.3 Å². The zero-order valence-corrected chi connectivity index (χ0v) is 15.0. The highest BCUT2D eigenvalue weighted by atomic mass is 16.5. The molecule has 4 rings (SSSR count). The largest absolute Gasteiger partial charge is 0.497 e. The Balaban J connectivity index is 1.36. The summed E-state index contributed by atoms with van der Waals surface area (Å²) in [4.78, 5) is 14.6. The third-order valence-corrected chi connectivity index (χ3v) is 5.94. The third kappa shape index (κ3) is 3.82. The Kier molecular flexibility index (Phi) is 4.69. The number of amides is 1. The highest BCUT2D eigenvalue weighted by Crippen LogP contribution is 2.41. The van der Waals surface area contributed by atoms with Crippen LogP contribution in [0.4, 0.5) is 0 Å². The van der Waals surface area contributed by atoms with Gasteiger partial charge in [-0.15, -0.1) is 0 Å². The average Bonchev–Trinajstić information content (AvgIpc) is 3.23. The van der Waals surface area contributed by atoms with Crippen molar-refractivity contribution >= 4 is 5.91 Å². The van der Waals surface area contributed by atoms with Gasteiger partial charge in [-0.25, -0.2) is 0 Å². The second kappa shape index (κ2) is 6.96. The Hall–Kier alpha value is -1.59. The van der Waals surface area contributed by atoms with Crippen LogP contribution in [0.3, 0.4) is 0 Å². The number of carbonyl (C=O) groups excluding carboxylic acids is 1. The second-order valence-corrected chi connectivity index (χ2v) is 8.02. The van der Waals surface area contributed by atoms with Crippen LogP contribution in [0.1, 0.15) is 24.8 Å². The minimum absolute atomic E-state index is 0.0814. The fourth-order valence-corrected chi connectivity index (χ4v) is 4.27. The lowest BCUT2D eigenvalue weighted by atomic mass is 9.81. The molecule has 0 bridgehead atoms. The highest BCUT2D eigenvalue weighted by Gasteiger charge is 2.50. The molecule has 0 aromatic heterocycles. The molecular weight excluding hydrogens is 316 g/mol. The van der Waals surface area contributed by atoms with E-state index in [1.54, 1.807) is 7.11 Å². The van der Waals surface area contributed by atoms with E-state index in [9.17, 15) is 4.79 Å². The molecule has 1 amide bonds. The standard InChI is InChI=1S/C20H28N2O3/c1-24-18-4-2-3-16(7-18)9-22-10-17-11-25-14-20(17,13-22)12-21-19(23)8-15-5-6-15/h2-4,7,15,17H,5-6,8-14H2,1H3,(H,21,23)/t17-,20+/m0/s1. The fourth-order valence-electron chi connectivity index (χ4n) is 4.27. The van der Waals surface area contributed by atoms with Gasteiger partial charge < -0.3 is 14.8 Å². The molecule has 3 aliphatic rings. The molecule has 2 atom stereocenters. The van der Waals surface area contributed by atoms with Gasteiger partial charge in [-0.3, -0.25) is 9.69 Å². The lowest BCUT2D eigenvalue weighted by Crippen LogP contribution is -2.43. The van der Waals surface area contributed by atoms with Crippen molar-refractivity contribution in [3.05, 3.63) is 29.8 Å². The van der Waals surface area contributed by atoms with Gasteiger partial charge in [0.2, 0.25) is 5.91 Å². The maximum atomic E-state index is 12.1.